The molecule has 0 saturated carbocycles. The minimum absolute atomic E-state index is 0.0486. The lowest BCUT2D eigenvalue weighted by atomic mass is 9.89. The summed E-state index contributed by atoms with van der Waals surface area (Å²) in [6, 6.07) is 9.17. The molecule has 15 heavy (non-hydrogen) atoms. The Labute approximate surface area is 90.9 Å². The summed E-state index contributed by atoms with van der Waals surface area (Å²) in [5.41, 5.74) is 0.692. The molecule has 0 aliphatic heterocycles. The van der Waals surface area contributed by atoms with Gasteiger partial charge < -0.3 is 5.11 Å². The van der Waals surface area contributed by atoms with Crippen molar-refractivity contribution in [2.75, 3.05) is 0 Å². The Morgan fingerprint density at radius 3 is 2.27 bits per heavy atom. The lowest BCUT2D eigenvalue weighted by Gasteiger charge is -2.18. The molecule has 1 N–H and O–H groups in total. The number of ketones is 1. The van der Waals surface area contributed by atoms with Crippen molar-refractivity contribution in [2.45, 2.75) is 32.8 Å². The summed E-state index contributed by atoms with van der Waals surface area (Å²) in [6.07, 6.45) is 0.780. The van der Waals surface area contributed by atoms with Crippen LogP contribution < -0.4 is 0 Å². The molecule has 0 spiro atoms. The van der Waals surface area contributed by atoms with Crippen molar-refractivity contribution in [3.63, 3.8) is 0 Å². The molecule has 0 aromatic heterocycles. The van der Waals surface area contributed by atoms with Gasteiger partial charge in [-0.1, -0.05) is 44.2 Å². The molecule has 1 rings (SSSR count). The van der Waals surface area contributed by atoms with E-state index in [-0.39, 0.29) is 11.7 Å². The van der Waals surface area contributed by atoms with E-state index in [2.05, 4.69) is 0 Å². The summed E-state index contributed by atoms with van der Waals surface area (Å²) in [7, 11) is 0. The molecular weight excluding hydrogens is 188 g/mol. The maximum Gasteiger partial charge on any atom is 0.168 e. The molecule has 0 unspecified atom stereocenters. The van der Waals surface area contributed by atoms with E-state index in [4.69, 9.17) is 0 Å². The average molecular weight is 206 g/mol. The van der Waals surface area contributed by atoms with Gasteiger partial charge in [0.05, 0.1) is 6.10 Å². The summed E-state index contributed by atoms with van der Waals surface area (Å²) in [5.74, 6) is -0.218. The number of benzene rings is 1. The van der Waals surface area contributed by atoms with E-state index in [1.807, 2.05) is 32.0 Å². The fourth-order valence-electron chi connectivity index (χ4n) is 1.73. The van der Waals surface area contributed by atoms with Crippen molar-refractivity contribution in [3.05, 3.63) is 35.9 Å². The molecule has 0 aliphatic rings. The van der Waals surface area contributed by atoms with Crippen LogP contribution >= 0.6 is 0 Å². The highest BCUT2D eigenvalue weighted by Gasteiger charge is 2.24. The third kappa shape index (κ3) is 2.90. The van der Waals surface area contributed by atoms with Gasteiger partial charge in [0.15, 0.2) is 5.78 Å². The molecule has 1 aromatic rings. The molecule has 0 bridgehead atoms. The van der Waals surface area contributed by atoms with Crippen molar-refractivity contribution in [2.24, 2.45) is 5.92 Å². The van der Waals surface area contributed by atoms with Crippen LogP contribution in [0.3, 0.4) is 0 Å². The molecule has 82 valence electrons. The van der Waals surface area contributed by atoms with E-state index in [1.165, 1.54) is 0 Å². The minimum atomic E-state index is -0.525. The number of hydrogen-bond acceptors (Lipinski definition) is 2. The zero-order chi connectivity index (χ0) is 11.3. The summed E-state index contributed by atoms with van der Waals surface area (Å²) >= 11 is 0. The van der Waals surface area contributed by atoms with Gasteiger partial charge in [0, 0.05) is 11.5 Å². The second-order valence-corrected chi connectivity index (χ2v) is 3.72. The van der Waals surface area contributed by atoms with E-state index < -0.39 is 6.10 Å². The lowest BCUT2D eigenvalue weighted by molar-refractivity contribution is 0.0658. The van der Waals surface area contributed by atoms with Gasteiger partial charge in [-0.05, 0) is 12.8 Å². The highest BCUT2D eigenvalue weighted by atomic mass is 16.3. The Bertz CT molecular complexity index is 306. The largest absolute Gasteiger partial charge is 0.392 e. The van der Waals surface area contributed by atoms with Gasteiger partial charge in [-0.25, -0.2) is 0 Å². The predicted octanol–water partition coefficient (Wildman–Crippen LogP) is 2.67. The van der Waals surface area contributed by atoms with E-state index in [0.717, 1.165) is 0 Å². The van der Waals surface area contributed by atoms with E-state index in [1.54, 1.807) is 12.1 Å². The molecule has 2 nitrogen and oxygen atoms in total. The van der Waals surface area contributed by atoms with E-state index >= 15 is 0 Å². The van der Waals surface area contributed by atoms with Crippen LogP contribution in [-0.2, 0) is 0 Å². The predicted molar refractivity (Wildman–Crippen MR) is 60.9 cm³/mol. The highest BCUT2D eigenvalue weighted by molar-refractivity contribution is 5.98. The third-order valence-corrected chi connectivity index (χ3v) is 2.72. The minimum Gasteiger partial charge on any atom is -0.392 e. The van der Waals surface area contributed by atoms with Gasteiger partial charge in [-0.2, -0.15) is 0 Å². The topological polar surface area (TPSA) is 37.3 Å². The van der Waals surface area contributed by atoms with Crippen molar-refractivity contribution in [1.29, 1.82) is 0 Å². The van der Waals surface area contributed by atoms with Gasteiger partial charge in [-0.15, -0.1) is 0 Å². The van der Waals surface area contributed by atoms with Crippen LogP contribution in [0.4, 0.5) is 0 Å². The maximum atomic E-state index is 12.0. The van der Waals surface area contributed by atoms with Crippen molar-refractivity contribution in [3.8, 4) is 0 Å². The Morgan fingerprint density at radius 1 is 1.20 bits per heavy atom. The van der Waals surface area contributed by atoms with Gasteiger partial charge in [0.25, 0.3) is 0 Å². The number of aliphatic hydroxyl groups is 1. The monoisotopic (exact) mass is 206 g/mol. The zero-order valence-corrected chi connectivity index (χ0v) is 9.31. The lowest BCUT2D eigenvalue weighted by Crippen LogP contribution is -2.27. The fraction of sp³-hybridized carbons (Fsp3) is 0.462. The number of Topliss-reactive ketones (excluding diaryl/α,β-unsaturated/α-hetero) is 1. The Hall–Kier alpha value is -1.15. The van der Waals surface area contributed by atoms with Crippen LogP contribution in [-0.4, -0.2) is 17.0 Å². The van der Waals surface area contributed by atoms with E-state index in [9.17, 15) is 9.90 Å². The Morgan fingerprint density at radius 2 is 1.80 bits per heavy atom. The second kappa shape index (κ2) is 5.66. The number of hydrogen-bond donors (Lipinski definition) is 1. The molecule has 0 amide bonds. The fourth-order valence-corrected chi connectivity index (χ4v) is 1.73. The third-order valence-electron chi connectivity index (χ3n) is 2.72. The molecule has 2 heteroatoms. The van der Waals surface area contributed by atoms with Crippen molar-refractivity contribution in [1.82, 2.24) is 0 Å². The number of aliphatic hydroxyl groups excluding tert-OH is 1. The molecule has 0 aliphatic carbocycles. The van der Waals surface area contributed by atoms with Gasteiger partial charge >= 0.3 is 0 Å². The average Bonchev–Trinajstić information content (AvgIpc) is 2.30. The summed E-state index contributed by atoms with van der Waals surface area (Å²) < 4.78 is 0. The first-order valence-electron chi connectivity index (χ1n) is 5.48. The smallest absolute Gasteiger partial charge is 0.168 e. The molecule has 0 radical (unpaired) electrons. The first-order valence-corrected chi connectivity index (χ1v) is 5.48. The van der Waals surface area contributed by atoms with Crippen LogP contribution in [0, 0.1) is 5.92 Å². The zero-order valence-electron chi connectivity index (χ0n) is 9.31. The van der Waals surface area contributed by atoms with Gasteiger partial charge in [0.2, 0.25) is 0 Å². The van der Waals surface area contributed by atoms with Crippen LogP contribution in [0.5, 0.6) is 0 Å². The Kier molecular flexibility index (Phi) is 4.50. The summed E-state index contributed by atoms with van der Waals surface area (Å²) in [6.45, 7) is 3.83. The summed E-state index contributed by atoms with van der Waals surface area (Å²) in [5, 5.41) is 9.73. The van der Waals surface area contributed by atoms with Crippen LogP contribution in [0.25, 0.3) is 0 Å². The molecular formula is C13H18O2. The van der Waals surface area contributed by atoms with Crippen LogP contribution in [0.1, 0.15) is 37.0 Å². The number of rotatable bonds is 5. The molecule has 0 saturated heterocycles. The molecule has 2 atom stereocenters. The SMILES string of the molecule is CC[C@@H](O)[C@H](CC)C(=O)c1ccccc1. The summed E-state index contributed by atoms with van der Waals surface area (Å²) in [4.78, 5) is 12.0. The van der Waals surface area contributed by atoms with Crippen molar-refractivity contribution < 1.29 is 9.90 Å². The first kappa shape index (κ1) is 11.9. The molecule has 0 fully saturated rings. The number of carbonyl (C=O) groups excluding carboxylic acids is 1. The molecule has 0 heterocycles. The molecule has 1 aromatic carbocycles. The van der Waals surface area contributed by atoms with Crippen LogP contribution in [0.2, 0.25) is 0 Å². The van der Waals surface area contributed by atoms with Gasteiger partial charge in [0.1, 0.15) is 0 Å². The normalized spacial score (nSPS) is 14.6. The first-order chi connectivity index (χ1) is 7.20. The Balaban J connectivity index is 2.83. The van der Waals surface area contributed by atoms with Crippen LogP contribution in [0.15, 0.2) is 30.3 Å². The van der Waals surface area contributed by atoms with E-state index in [0.29, 0.717) is 18.4 Å². The van der Waals surface area contributed by atoms with Gasteiger partial charge in [-0.3, -0.25) is 4.79 Å². The standard InChI is InChI=1S/C13H18O2/c1-3-11(12(14)4-2)13(15)10-8-6-5-7-9-10/h5-9,11-12,14H,3-4H2,1-2H3/t11-,12+/m0/s1. The second-order valence-electron chi connectivity index (χ2n) is 3.72. The maximum absolute atomic E-state index is 12.0. The number of carbonyl (C=O) groups is 1. The quantitative estimate of drug-likeness (QED) is 0.752. The van der Waals surface area contributed by atoms with Crippen molar-refractivity contribution >= 4 is 5.78 Å². The highest BCUT2D eigenvalue weighted by Crippen LogP contribution is 2.18.